The predicted octanol–water partition coefficient (Wildman–Crippen LogP) is 2.67. The van der Waals surface area contributed by atoms with Gasteiger partial charge in [-0.05, 0) is 23.6 Å². The molecule has 0 amide bonds. The number of benzene rings is 1. The van der Waals surface area contributed by atoms with E-state index in [-0.39, 0.29) is 5.92 Å². The normalized spacial score (nSPS) is 12.3. The maximum Gasteiger partial charge on any atom is 0.320 e. The molecular weight excluding hydrogens is 326 g/mol. The largest absolute Gasteiger partial charge is 0.493 e. The van der Waals surface area contributed by atoms with Crippen LogP contribution in [-0.4, -0.2) is 31.3 Å². The van der Waals surface area contributed by atoms with Crippen molar-refractivity contribution in [1.29, 1.82) is 0 Å². The summed E-state index contributed by atoms with van der Waals surface area (Å²) in [4.78, 5) is 11.2. The highest BCUT2D eigenvalue weighted by Gasteiger charge is 2.21. The monoisotopic (exact) mass is 345 g/mol. The van der Waals surface area contributed by atoms with Gasteiger partial charge in [-0.15, -0.1) is 0 Å². The highest BCUT2D eigenvalue weighted by atomic mass is 79.9. The molecule has 0 aliphatic carbocycles. The molecule has 1 aromatic rings. The highest BCUT2D eigenvalue weighted by molar-refractivity contribution is 9.10. The second-order valence-electron chi connectivity index (χ2n) is 4.74. The van der Waals surface area contributed by atoms with Crippen molar-refractivity contribution < 1.29 is 19.4 Å². The number of rotatable bonds is 7. The number of nitrogens with one attached hydrogen (secondary N) is 1. The lowest BCUT2D eigenvalue weighted by Gasteiger charge is -2.19. The van der Waals surface area contributed by atoms with Gasteiger partial charge in [0.25, 0.3) is 0 Å². The Morgan fingerprint density at radius 3 is 2.30 bits per heavy atom. The first-order valence-electron chi connectivity index (χ1n) is 6.27. The molecule has 6 heteroatoms. The van der Waals surface area contributed by atoms with E-state index >= 15 is 0 Å². The van der Waals surface area contributed by atoms with Crippen LogP contribution in [0.3, 0.4) is 0 Å². The van der Waals surface area contributed by atoms with Gasteiger partial charge in [0.2, 0.25) is 0 Å². The maximum absolute atomic E-state index is 11.2. The fourth-order valence-corrected chi connectivity index (χ4v) is 2.32. The van der Waals surface area contributed by atoms with Crippen LogP contribution in [0.25, 0.3) is 0 Å². The van der Waals surface area contributed by atoms with Gasteiger partial charge in [0.1, 0.15) is 6.04 Å². The van der Waals surface area contributed by atoms with Crippen molar-refractivity contribution in [1.82, 2.24) is 5.32 Å². The molecule has 20 heavy (non-hydrogen) atoms. The number of ether oxygens (including phenoxy) is 2. The van der Waals surface area contributed by atoms with Crippen LogP contribution in [0.2, 0.25) is 0 Å². The molecule has 0 radical (unpaired) electrons. The summed E-state index contributed by atoms with van der Waals surface area (Å²) in [5.41, 5.74) is 0.912. The molecular formula is C14H20BrNO4. The van der Waals surface area contributed by atoms with Crippen molar-refractivity contribution in [2.24, 2.45) is 5.92 Å². The molecule has 0 heterocycles. The van der Waals surface area contributed by atoms with E-state index in [1.165, 1.54) is 0 Å². The minimum Gasteiger partial charge on any atom is -0.493 e. The van der Waals surface area contributed by atoms with Crippen LogP contribution >= 0.6 is 15.9 Å². The smallest absolute Gasteiger partial charge is 0.320 e. The number of carboxylic acids is 1. The number of carbonyl (C=O) groups is 1. The molecule has 1 rings (SSSR count). The van der Waals surface area contributed by atoms with Gasteiger partial charge in [-0.2, -0.15) is 0 Å². The number of carboxylic acid groups (broad SMARTS) is 1. The van der Waals surface area contributed by atoms with E-state index in [1.54, 1.807) is 20.3 Å². The number of hydrogen-bond acceptors (Lipinski definition) is 4. The van der Waals surface area contributed by atoms with Crippen LogP contribution in [0.15, 0.2) is 16.6 Å². The first-order chi connectivity index (χ1) is 9.40. The lowest BCUT2D eigenvalue weighted by molar-refractivity contribution is -0.140. The first kappa shape index (κ1) is 16.8. The number of halogens is 1. The van der Waals surface area contributed by atoms with Gasteiger partial charge < -0.3 is 19.9 Å². The third kappa shape index (κ3) is 4.11. The molecule has 0 aliphatic rings. The topological polar surface area (TPSA) is 67.8 Å². The van der Waals surface area contributed by atoms with E-state index in [4.69, 9.17) is 14.6 Å². The number of methoxy groups -OCH3 is 2. The Hall–Kier alpha value is -1.27. The molecule has 2 N–H and O–H groups in total. The van der Waals surface area contributed by atoms with Gasteiger partial charge in [0, 0.05) is 11.0 Å². The van der Waals surface area contributed by atoms with Crippen molar-refractivity contribution in [3.63, 3.8) is 0 Å². The summed E-state index contributed by atoms with van der Waals surface area (Å²) in [6.45, 7) is 4.17. The van der Waals surface area contributed by atoms with E-state index < -0.39 is 12.0 Å². The summed E-state index contributed by atoms with van der Waals surface area (Å²) in [5.74, 6) is 0.397. The average Bonchev–Trinajstić information content (AvgIpc) is 2.39. The minimum atomic E-state index is -0.850. The third-order valence-corrected chi connectivity index (χ3v) is 3.74. The van der Waals surface area contributed by atoms with E-state index in [9.17, 15) is 4.79 Å². The molecule has 5 nitrogen and oxygen atoms in total. The number of aliphatic carboxylic acids is 1. The van der Waals surface area contributed by atoms with Gasteiger partial charge in [0.05, 0.1) is 14.2 Å². The van der Waals surface area contributed by atoms with Crippen LogP contribution < -0.4 is 14.8 Å². The molecule has 1 unspecified atom stereocenters. The minimum absolute atomic E-state index is 0.00594. The Morgan fingerprint density at radius 2 is 1.85 bits per heavy atom. The molecule has 112 valence electrons. The summed E-state index contributed by atoms with van der Waals surface area (Å²) in [6, 6.07) is 3.05. The molecule has 0 fully saturated rings. The molecule has 0 aliphatic heterocycles. The first-order valence-corrected chi connectivity index (χ1v) is 7.06. The van der Waals surface area contributed by atoms with Crippen LogP contribution in [0, 0.1) is 5.92 Å². The molecule has 0 saturated carbocycles. The zero-order valence-corrected chi connectivity index (χ0v) is 13.7. The SMILES string of the molecule is COc1cc(Br)c(CNC(C(=O)O)C(C)C)cc1OC. The second kappa shape index (κ2) is 7.50. The Balaban J connectivity index is 2.90. The van der Waals surface area contributed by atoms with Crippen LogP contribution in [0.1, 0.15) is 19.4 Å². The van der Waals surface area contributed by atoms with Crippen molar-refractivity contribution in [2.75, 3.05) is 14.2 Å². The molecule has 0 aromatic heterocycles. The van der Waals surface area contributed by atoms with Crippen molar-refractivity contribution in [2.45, 2.75) is 26.4 Å². The summed E-state index contributed by atoms with van der Waals surface area (Å²) in [6.07, 6.45) is 0. The molecule has 1 aromatic carbocycles. The number of hydrogen-bond donors (Lipinski definition) is 2. The van der Waals surface area contributed by atoms with Crippen LogP contribution in [0.5, 0.6) is 11.5 Å². The van der Waals surface area contributed by atoms with Gasteiger partial charge in [-0.1, -0.05) is 29.8 Å². The van der Waals surface area contributed by atoms with Crippen LogP contribution in [-0.2, 0) is 11.3 Å². The Kier molecular flexibility index (Phi) is 6.29. The molecule has 1 atom stereocenters. The summed E-state index contributed by atoms with van der Waals surface area (Å²) in [5, 5.41) is 12.2. The van der Waals surface area contributed by atoms with E-state index in [0.717, 1.165) is 10.0 Å². The zero-order valence-electron chi connectivity index (χ0n) is 12.1. The molecule has 0 saturated heterocycles. The van der Waals surface area contributed by atoms with Gasteiger partial charge >= 0.3 is 5.97 Å². The summed E-state index contributed by atoms with van der Waals surface area (Å²) in [7, 11) is 3.14. The third-order valence-electron chi connectivity index (χ3n) is 3.00. The Morgan fingerprint density at radius 1 is 1.30 bits per heavy atom. The Bertz CT molecular complexity index is 476. The Labute approximate surface area is 127 Å². The fraction of sp³-hybridized carbons (Fsp3) is 0.500. The quantitative estimate of drug-likeness (QED) is 0.795. The molecule has 0 spiro atoms. The highest BCUT2D eigenvalue weighted by Crippen LogP contribution is 2.33. The summed E-state index contributed by atoms with van der Waals surface area (Å²) < 4.78 is 11.3. The average molecular weight is 346 g/mol. The van der Waals surface area contributed by atoms with Gasteiger partial charge in [-0.25, -0.2) is 0 Å². The van der Waals surface area contributed by atoms with Crippen molar-refractivity contribution in [3.8, 4) is 11.5 Å². The second-order valence-corrected chi connectivity index (χ2v) is 5.59. The lowest BCUT2D eigenvalue weighted by Crippen LogP contribution is -2.40. The predicted molar refractivity (Wildman–Crippen MR) is 80.3 cm³/mol. The van der Waals surface area contributed by atoms with E-state index in [1.807, 2.05) is 19.9 Å². The van der Waals surface area contributed by atoms with Crippen molar-refractivity contribution >= 4 is 21.9 Å². The van der Waals surface area contributed by atoms with E-state index in [0.29, 0.717) is 18.0 Å². The summed E-state index contributed by atoms with van der Waals surface area (Å²) >= 11 is 3.45. The standard InChI is InChI=1S/C14H20BrNO4/c1-8(2)13(14(17)18)16-7-9-5-11(19-3)12(20-4)6-10(9)15/h5-6,8,13,16H,7H2,1-4H3,(H,17,18). The fourth-order valence-electron chi connectivity index (χ4n) is 1.86. The van der Waals surface area contributed by atoms with Crippen molar-refractivity contribution in [3.05, 3.63) is 22.2 Å². The lowest BCUT2D eigenvalue weighted by atomic mass is 10.0. The molecule has 0 bridgehead atoms. The van der Waals surface area contributed by atoms with Crippen LogP contribution in [0.4, 0.5) is 0 Å². The van der Waals surface area contributed by atoms with Gasteiger partial charge in [-0.3, -0.25) is 4.79 Å². The zero-order chi connectivity index (χ0) is 15.3. The van der Waals surface area contributed by atoms with E-state index in [2.05, 4.69) is 21.2 Å². The maximum atomic E-state index is 11.2. The van der Waals surface area contributed by atoms with Gasteiger partial charge in [0.15, 0.2) is 11.5 Å².